The zero-order valence-electron chi connectivity index (χ0n) is 15.0. The minimum Gasteiger partial charge on any atom is -0.329 e. The van der Waals surface area contributed by atoms with Crippen molar-refractivity contribution in [3.63, 3.8) is 0 Å². The second-order valence-corrected chi connectivity index (χ2v) is 6.28. The summed E-state index contributed by atoms with van der Waals surface area (Å²) in [6.45, 7) is 6.37. The predicted octanol–water partition coefficient (Wildman–Crippen LogP) is 3.07. The zero-order chi connectivity index (χ0) is 18.7. The standard InChI is InChI=1S/C21H21N3O2/c1-4-12-24(14-16-8-6-5-7-9-16)21(26)19-20(25)17-13-15(2)10-11-18(17)23(3)22-19/h4-11,13H,1,12,14H2,2-3H3. The largest absolute Gasteiger partial charge is 0.329 e. The van der Waals surface area contributed by atoms with Gasteiger partial charge in [0.05, 0.1) is 10.9 Å². The number of benzene rings is 2. The molecule has 0 spiro atoms. The SMILES string of the molecule is C=CCN(Cc1ccccc1)C(=O)c1nn(C)c2ccc(C)cc2c1=O. The van der Waals surface area contributed by atoms with E-state index in [1.165, 1.54) is 0 Å². The Kier molecular flexibility index (Phi) is 4.98. The Bertz CT molecular complexity index is 1020. The van der Waals surface area contributed by atoms with E-state index in [4.69, 9.17) is 0 Å². The Morgan fingerprint density at radius 3 is 2.65 bits per heavy atom. The molecule has 3 aromatic rings. The van der Waals surface area contributed by atoms with Crippen molar-refractivity contribution in [3.8, 4) is 0 Å². The fraction of sp³-hybridized carbons (Fsp3) is 0.190. The lowest BCUT2D eigenvalue weighted by atomic mass is 10.1. The molecule has 26 heavy (non-hydrogen) atoms. The molecule has 0 aliphatic heterocycles. The summed E-state index contributed by atoms with van der Waals surface area (Å²) in [5.41, 5.74) is 2.25. The molecule has 5 heteroatoms. The molecular formula is C21H21N3O2. The van der Waals surface area contributed by atoms with Crippen molar-refractivity contribution < 1.29 is 4.79 Å². The van der Waals surface area contributed by atoms with Gasteiger partial charge in [-0.1, -0.05) is 48.0 Å². The summed E-state index contributed by atoms with van der Waals surface area (Å²) in [5, 5.41) is 4.76. The first-order chi connectivity index (χ1) is 12.5. The predicted molar refractivity (Wildman–Crippen MR) is 103 cm³/mol. The van der Waals surface area contributed by atoms with Crippen LogP contribution in [0.4, 0.5) is 0 Å². The van der Waals surface area contributed by atoms with Crippen LogP contribution in [0.5, 0.6) is 0 Å². The van der Waals surface area contributed by atoms with Crippen LogP contribution >= 0.6 is 0 Å². The zero-order valence-corrected chi connectivity index (χ0v) is 15.0. The van der Waals surface area contributed by atoms with E-state index < -0.39 is 5.91 Å². The van der Waals surface area contributed by atoms with Crippen LogP contribution < -0.4 is 5.43 Å². The van der Waals surface area contributed by atoms with Gasteiger partial charge in [0.2, 0.25) is 5.43 Å². The number of aromatic nitrogens is 2. The Labute approximate surface area is 152 Å². The maximum Gasteiger partial charge on any atom is 0.278 e. The van der Waals surface area contributed by atoms with Crippen LogP contribution in [0, 0.1) is 6.92 Å². The molecule has 0 aliphatic carbocycles. The first-order valence-corrected chi connectivity index (χ1v) is 8.43. The van der Waals surface area contributed by atoms with E-state index in [9.17, 15) is 9.59 Å². The molecule has 1 heterocycles. The summed E-state index contributed by atoms with van der Waals surface area (Å²) in [5.74, 6) is -0.391. The van der Waals surface area contributed by atoms with Crippen LogP contribution in [0.15, 0.2) is 66.0 Å². The molecule has 132 valence electrons. The molecule has 0 radical (unpaired) electrons. The molecule has 0 N–H and O–H groups in total. The van der Waals surface area contributed by atoms with E-state index in [0.717, 1.165) is 11.1 Å². The summed E-state index contributed by atoms with van der Waals surface area (Å²) in [6.07, 6.45) is 1.65. The van der Waals surface area contributed by atoms with Gasteiger partial charge in [0.15, 0.2) is 5.69 Å². The van der Waals surface area contributed by atoms with Crippen molar-refractivity contribution in [3.05, 3.63) is 88.2 Å². The molecule has 0 saturated heterocycles. The van der Waals surface area contributed by atoms with E-state index in [1.54, 1.807) is 28.8 Å². The first kappa shape index (κ1) is 17.6. The molecule has 0 unspecified atom stereocenters. The summed E-state index contributed by atoms with van der Waals surface area (Å²) in [7, 11) is 1.74. The average molecular weight is 347 g/mol. The number of aryl methyl sites for hydroxylation is 2. The number of carbonyl (C=O) groups excluding carboxylic acids is 1. The van der Waals surface area contributed by atoms with Gasteiger partial charge in [-0.2, -0.15) is 5.10 Å². The fourth-order valence-corrected chi connectivity index (χ4v) is 2.96. The quantitative estimate of drug-likeness (QED) is 0.667. The number of amides is 1. The van der Waals surface area contributed by atoms with Crippen molar-refractivity contribution in [1.29, 1.82) is 0 Å². The molecule has 1 amide bonds. The Morgan fingerprint density at radius 1 is 1.23 bits per heavy atom. The highest BCUT2D eigenvalue weighted by Gasteiger charge is 2.22. The highest BCUT2D eigenvalue weighted by molar-refractivity contribution is 5.95. The maximum atomic E-state index is 13.0. The van der Waals surface area contributed by atoms with Gasteiger partial charge < -0.3 is 4.90 Å². The van der Waals surface area contributed by atoms with Crippen LogP contribution in [0.1, 0.15) is 21.6 Å². The van der Waals surface area contributed by atoms with Crippen molar-refractivity contribution in [1.82, 2.24) is 14.7 Å². The van der Waals surface area contributed by atoms with Crippen molar-refractivity contribution in [2.45, 2.75) is 13.5 Å². The Balaban J connectivity index is 2.05. The third-order valence-corrected chi connectivity index (χ3v) is 4.27. The lowest BCUT2D eigenvalue weighted by Crippen LogP contribution is -2.36. The number of hydrogen-bond acceptors (Lipinski definition) is 3. The monoisotopic (exact) mass is 347 g/mol. The van der Waals surface area contributed by atoms with Crippen LogP contribution in [-0.4, -0.2) is 27.1 Å². The van der Waals surface area contributed by atoms with Crippen molar-refractivity contribution in [2.75, 3.05) is 6.54 Å². The van der Waals surface area contributed by atoms with Gasteiger partial charge in [-0.15, -0.1) is 6.58 Å². The van der Waals surface area contributed by atoms with E-state index in [-0.39, 0.29) is 11.1 Å². The lowest BCUT2D eigenvalue weighted by Gasteiger charge is -2.21. The Morgan fingerprint density at radius 2 is 1.96 bits per heavy atom. The van der Waals surface area contributed by atoms with Crippen LogP contribution in [0.25, 0.3) is 10.9 Å². The molecule has 3 rings (SSSR count). The highest BCUT2D eigenvalue weighted by Crippen LogP contribution is 2.13. The van der Waals surface area contributed by atoms with Gasteiger partial charge in [0.1, 0.15) is 0 Å². The molecular weight excluding hydrogens is 326 g/mol. The minimum atomic E-state index is -0.391. The normalized spacial score (nSPS) is 10.7. The second-order valence-electron chi connectivity index (χ2n) is 6.28. The topological polar surface area (TPSA) is 55.2 Å². The maximum absolute atomic E-state index is 13.0. The molecule has 2 aromatic carbocycles. The molecule has 0 bridgehead atoms. The highest BCUT2D eigenvalue weighted by atomic mass is 16.2. The van der Waals surface area contributed by atoms with Crippen molar-refractivity contribution in [2.24, 2.45) is 7.05 Å². The van der Waals surface area contributed by atoms with Gasteiger partial charge in [0.25, 0.3) is 5.91 Å². The molecule has 0 saturated carbocycles. The Hall–Kier alpha value is -3.21. The van der Waals surface area contributed by atoms with Gasteiger partial charge in [-0.05, 0) is 24.6 Å². The number of fused-ring (bicyclic) bond motifs is 1. The van der Waals surface area contributed by atoms with Gasteiger partial charge >= 0.3 is 0 Å². The van der Waals surface area contributed by atoms with Gasteiger partial charge in [0, 0.05) is 20.1 Å². The number of rotatable bonds is 5. The number of hydrogen-bond donors (Lipinski definition) is 0. The van der Waals surface area contributed by atoms with Gasteiger partial charge in [-0.3, -0.25) is 14.3 Å². The molecule has 0 atom stereocenters. The van der Waals surface area contributed by atoms with E-state index in [0.29, 0.717) is 24.0 Å². The first-order valence-electron chi connectivity index (χ1n) is 8.43. The smallest absolute Gasteiger partial charge is 0.278 e. The fourth-order valence-electron chi connectivity index (χ4n) is 2.96. The van der Waals surface area contributed by atoms with Crippen LogP contribution in [-0.2, 0) is 13.6 Å². The number of carbonyl (C=O) groups is 1. The molecule has 0 aliphatic rings. The van der Waals surface area contributed by atoms with E-state index in [1.807, 2.05) is 49.4 Å². The number of nitrogens with zero attached hydrogens (tertiary/aromatic N) is 3. The second kappa shape index (κ2) is 7.35. The average Bonchev–Trinajstić information content (AvgIpc) is 2.64. The third kappa shape index (κ3) is 3.42. The van der Waals surface area contributed by atoms with Crippen LogP contribution in [0.3, 0.4) is 0 Å². The van der Waals surface area contributed by atoms with Gasteiger partial charge in [-0.25, -0.2) is 0 Å². The van der Waals surface area contributed by atoms with E-state index >= 15 is 0 Å². The molecule has 5 nitrogen and oxygen atoms in total. The van der Waals surface area contributed by atoms with E-state index in [2.05, 4.69) is 11.7 Å². The molecule has 1 aromatic heterocycles. The minimum absolute atomic E-state index is 0.0663. The summed E-state index contributed by atoms with van der Waals surface area (Å²) >= 11 is 0. The molecule has 0 fully saturated rings. The summed E-state index contributed by atoms with van der Waals surface area (Å²) in [6, 6.07) is 15.2. The van der Waals surface area contributed by atoms with Crippen LogP contribution in [0.2, 0.25) is 0 Å². The lowest BCUT2D eigenvalue weighted by molar-refractivity contribution is 0.0753. The summed E-state index contributed by atoms with van der Waals surface area (Å²) < 4.78 is 1.58. The summed E-state index contributed by atoms with van der Waals surface area (Å²) in [4.78, 5) is 27.5. The third-order valence-electron chi connectivity index (χ3n) is 4.27. The van der Waals surface area contributed by atoms with Crippen molar-refractivity contribution >= 4 is 16.8 Å².